The van der Waals surface area contributed by atoms with E-state index in [0.717, 1.165) is 15.2 Å². The molecule has 0 aromatic heterocycles. The summed E-state index contributed by atoms with van der Waals surface area (Å²) in [5.41, 5.74) is 1.31. The lowest BCUT2D eigenvalue weighted by Crippen LogP contribution is -2.58. The molecule has 0 aliphatic carbocycles. The minimum absolute atomic E-state index is 0.110. The highest BCUT2D eigenvalue weighted by Gasteiger charge is 2.35. The Labute approximate surface area is 225 Å². The molecule has 0 bridgehead atoms. The monoisotopic (exact) mass is 556 g/mol. The van der Waals surface area contributed by atoms with Gasteiger partial charge in [-0.05, 0) is 74.9 Å². The van der Waals surface area contributed by atoms with E-state index in [0.29, 0.717) is 28.8 Å². The summed E-state index contributed by atoms with van der Waals surface area (Å²) in [7, 11) is 0. The van der Waals surface area contributed by atoms with Crippen LogP contribution in [-0.4, -0.2) is 39.7 Å². The number of ketones is 1. The first-order chi connectivity index (χ1) is 17.6. The van der Waals surface area contributed by atoms with Crippen molar-refractivity contribution in [3.63, 3.8) is 0 Å². The van der Waals surface area contributed by atoms with Crippen LogP contribution in [0.15, 0.2) is 95.5 Å². The Morgan fingerprint density at radius 1 is 0.676 bits per heavy atom. The van der Waals surface area contributed by atoms with E-state index >= 15 is 0 Å². The predicted molar refractivity (Wildman–Crippen MR) is 151 cm³/mol. The third-order valence-electron chi connectivity index (χ3n) is 6.08. The fourth-order valence-corrected chi connectivity index (χ4v) is 4.67. The van der Waals surface area contributed by atoms with Gasteiger partial charge in [-0.15, -0.1) is 0 Å². The molecule has 0 aliphatic rings. The number of hydrogen-bond donors (Lipinski definition) is 0. The zero-order chi connectivity index (χ0) is 26.7. The van der Waals surface area contributed by atoms with Crippen LogP contribution in [0.25, 0.3) is 10.8 Å². The second-order valence-corrected chi connectivity index (χ2v) is 10.7. The van der Waals surface area contributed by atoms with Crippen molar-refractivity contribution in [1.29, 1.82) is 0 Å². The average molecular weight is 557 g/mol. The number of hydrazine groups is 1. The Bertz CT molecular complexity index is 1460. The lowest BCUT2D eigenvalue weighted by atomic mass is 10.0. The van der Waals surface area contributed by atoms with Crippen molar-refractivity contribution in [2.45, 2.75) is 33.2 Å². The maximum Gasteiger partial charge on any atom is 0.272 e. The molecule has 0 saturated heterocycles. The number of fused-ring (bicyclic) bond motifs is 1. The van der Waals surface area contributed by atoms with Gasteiger partial charge in [0, 0.05) is 33.3 Å². The largest absolute Gasteiger partial charge is 0.289 e. The number of nitrogens with zero attached hydrogens (tertiary/aromatic N) is 2. The quantitative estimate of drug-likeness (QED) is 0.193. The van der Waals surface area contributed by atoms with Crippen molar-refractivity contribution in [2.24, 2.45) is 0 Å². The van der Waals surface area contributed by atoms with Crippen LogP contribution >= 0.6 is 15.9 Å². The van der Waals surface area contributed by atoms with E-state index < -0.39 is 5.54 Å². The maximum atomic E-state index is 13.8. The van der Waals surface area contributed by atoms with Gasteiger partial charge in [0.1, 0.15) is 0 Å². The van der Waals surface area contributed by atoms with E-state index in [1.165, 1.54) is 10.0 Å². The Morgan fingerprint density at radius 3 is 1.84 bits per heavy atom. The molecule has 0 fully saturated rings. The molecule has 4 aromatic rings. The average Bonchev–Trinajstić information content (AvgIpc) is 2.90. The van der Waals surface area contributed by atoms with Crippen molar-refractivity contribution in [3.8, 4) is 0 Å². The molecular weight excluding hydrogens is 528 g/mol. The number of benzene rings is 4. The lowest BCUT2D eigenvalue weighted by Gasteiger charge is -2.43. The highest BCUT2D eigenvalue weighted by Crippen LogP contribution is 2.25. The summed E-state index contributed by atoms with van der Waals surface area (Å²) in [5, 5.41) is 4.96. The van der Waals surface area contributed by atoms with Crippen molar-refractivity contribution >= 4 is 44.3 Å². The summed E-state index contributed by atoms with van der Waals surface area (Å²) in [5.74, 6) is -0.682. The van der Waals surface area contributed by atoms with Crippen LogP contribution in [0, 0.1) is 0 Å². The molecule has 0 N–H and O–H groups in total. The smallest absolute Gasteiger partial charge is 0.272 e. The molecule has 6 heteroatoms. The summed E-state index contributed by atoms with van der Waals surface area (Å²) in [6.45, 7) is 7.85. The summed E-state index contributed by atoms with van der Waals surface area (Å²) >= 11 is 3.48. The van der Waals surface area contributed by atoms with Crippen LogP contribution in [0.5, 0.6) is 0 Å². The van der Waals surface area contributed by atoms with Gasteiger partial charge in [0.15, 0.2) is 5.78 Å². The molecule has 5 nitrogen and oxygen atoms in total. The molecule has 188 valence electrons. The third-order valence-corrected chi connectivity index (χ3v) is 6.58. The Hall–Kier alpha value is -3.77. The highest BCUT2D eigenvalue weighted by atomic mass is 79.9. The molecule has 4 aromatic carbocycles. The molecule has 2 amide bonds. The minimum Gasteiger partial charge on any atom is -0.289 e. The van der Waals surface area contributed by atoms with Gasteiger partial charge in [-0.1, -0.05) is 70.5 Å². The molecule has 0 saturated carbocycles. The molecule has 0 radical (unpaired) electrons. The summed E-state index contributed by atoms with van der Waals surface area (Å²) in [4.78, 5) is 40.2. The number of carbonyl (C=O) groups is 3. The summed E-state index contributed by atoms with van der Waals surface area (Å²) in [6, 6.07) is 27.0. The van der Waals surface area contributed by atoms with Crippen molar-refractivity contribution in [1.82, 2.24) is 10.0 Å². The van der Waals surface area contributed by atoms with Gasteiger partial charge < -0.3 is 0 Å². The first kappa shape index (κ1) is 26.3. The zero-order valence-corrected chi connectivity index (χ0v) is 23.0. The Kier molecular flexibility index (Phi) is 7.60. The fraction of sp³-hybridized carbons (Fsp3) is 0.194. The standard InChI is InChI=1S/C31H29BrN2O3/c1-5-33(29(36)26-16-15-25-20-27(32)18-17-24(25)19-26)34(31(2,3)4)30(37)23-13-11-22(12-14-23)28(35)21-9-7-6-8-10-21/h6-20H,5H2,1-4H3. The Balaban J connectivity index is 1.64. The normalized spacial score (nSPS) is 11.3. The SMILES string of the molecule is CCN(C(=O)c1ccc2cc(Br)ccc2c1)N(C(=O)c1ccc(C(=O)c2ccccc2)cc1)C(C)(C)C. The van der Waals surface area contributed by atoms with E-state index in [9.17, 15) is 14.4 Å². The zero-order valence-electron chi connectivity index (χ0n) is 21.4. The van der Waals surface area contributed by atoms with Gasteiger partial charge in [0.25, 0.3) is 11.8 Å². The molecular formula is C31H29BrN2O3. The molecule has 0 heterocycles. The molecule has 0 spiro atoms. The van der Waals surface area contributed by atoms with Gasteiger partial charge in [-0.2, -0.15) is 0 Å². The van der Waals surface area contributed by atoms with Crippen LogP contribution in [0.3, 0.4) is 0 Å². The van der Waals surface area contributed by atoms with Crippen molar-refractivity contribution in [2.75, 3.05) is 6.54 Å². The van der Waals surface area contributed by atoms with Crippen LogP contribution in [-0.2, 0) is 0 Å². The van der Waals surface area contributed by atoms with Crippen LogP contribution in [0.4, 0.5) is 0 Å². The molecule has 4 rings (SSSR count). The van der Waals surface area contributed by atoms with Crippen LogP contribution in [0.1, 0.15) is 64.3 Å². The van der Waals surface area contributed by atoms with Gasteiger partial charge in [-0.25, -0.2) is 10.0 Å². The summed E-state index contributed by atoms with van der Waals surface area (Å²) < 4.78 is 0.968. The first-order valence-electron chi connectivity index (χ1n) is 12.2. The molecule has 0 aliphatic heterocycles. The maximum absolute atomic E-state index is 13.8. The number of amides is 2. The van der Waals surface area contributed by atoms with Gasteiger partial charge >= 0.3 is 0 Å². The number of halogens is 1. The fourth-order valence-electron chi connectivity index (χ4n) is 4.29. The second-order valence-electron chi connectivity index (χ2n) is 9.79. The summed E-state index contributed by atoms with van der Waals surface area (Å²) in [6.07, 6.45) is 0. The van der Waals surface area contributed by atoms with E-state index in [4.69, 9.17) is 0 Å². The second kappa shape index (κ2) is 10.7. The lowest BCUT2D eigenvalue weighted by molar-refractivity contribution is -0.0410. The highest BCUT2D eigenvalue weighted by molar-refractivity contribution is 9.10. The molecule has 37 heavy (non-hydrogen) atoms. The van der Waals surface area contributed by atoms with Gasteiger partial charge in [0.2, 0.25) is 0 Å². The van der Waals surface area contributed by atoms with Crippen molar-refractivity contribution in [3.05, 3.63) is 118 Å². The molecule has 0 atom stereocenters. The van der Waals surface area contributed by atoms with Gasteiger partial charge in [0.05, 0.1) is 5.54 Å². The number of rotatable bonds is 5. The van der Waals surface area contributed by atoms with E-state index in [1.54, 1.807) is 42.5 Å². The topological polar surface area (TPSA) is 57.7 Å². The van der Waals surface area contributed by atoms with Crippen molar-refractivity contribution < 1.29 is 14.4 Å². The van der Waals surface area contributed by atoms with Crippen LogP contribution < -0.4 is 0 Å². The minimum atomic E-state index is -0.678. The number of carbonyl (C=O) groups excluding carboxylic acids is 3. The molecule has 0 unspecified atom stereocenters. The Morgan fingerprint density at radius 2 is 1.22 bits per heavy atom. The first-order valence-corrected chi connectivity index (χ1v) is 12.9. The third kappa shape index (κ3) is 5.65. The van der Waals surface area contributed by atoms with Gasteiger partial charge in [-0.3, -0.25) is 14.4 Å². The van der Waals surface area contributed by atoms with Crippen LogP contribution in [0.2, 0.25) is 0 Å². The number of hydrogen-bond acceptors (Lipinski definition) is 3. The van der Waals surface area contributed by atoms with E-state index in [-0.39, 0.29) is 17.6 Å². The van der Waals surface area contributed by atoms with E-state index in [2.05, 4.69) is 15.9 Å². The predicted octanol–water partition coefficient (Wildman–Crippen LogP) is 7.15. The van der Waals surface area contributed by atoms with E-state index in [1.807, 2.05) is 76.2 Å².